The van der Waals surface area contributed by atoms with Crippen LogP contribution in [0.15, 0.2) is 18.2 Å². The minimum absolute atomic E-state index is 0.237. The van der Waals surface area contributed by atoms with Crippen molar-refractivity contribution in [1.29, 1.82) is 0 Å². The van der Waals surface area contributed by atoms with Gasteiger partial charge in [0.05, 0.1) is 5.02 Å². The molecule has 114 valence electrons. The zero-order valence-electron chi connectivity index (χ0n) is 13.1. The van der Waals surface area contributed by atoms with Crippen LogP contribution in [0, 0.1) is 11.2 Å². The summed E-state index contributed by atoms with van der Waals surface area (Å²) in [6.45, 7) is 10.0. The third-order valence-corrected chi connectivity index (χ3v) is 4.08. The summed E-state index contributed by atoms with van der Waals surface area (Å²) >= 11 is 5.99. The molecule has 0 aliphatic carbocycles. The van der Waals surface area contributed by atoms with Gasteiger partial charge in [0, 0.05) is 6.04 Å². The molecule has 1 atom stereocenters. The molecule has 3 heteroatoms. The summed E-state index contributed by atoms with van der Waals surface area (Å²) in [5, 5.41) is 3.89. The number of nitrogens with one attached hydrogen (secondary N) is 1. The van der Waals surface area contributed by atoms with E-state index in [0.29, 0.717) is 6.04 Å². The van der Waals surface area contributed by atoms with Gasteiger partial charge in [-0.1, -0.05) is 51.4 Å². The summed E-state index contributed by atoms with van der Waals surface area (Å²) < 4.78 is 13.4. The third kappa shape index (κ3) is 5.41. The fourth-order valence-corrected chi connectivity index (χ4v) is 2.62. The van der Waals surface area contributed by atoms with Crippen LogP contribution in [0.2, 0.25) is 5.02 Å². The van der Waals surface area contributed by atoms with E-state index in [1.807, 2.05) is 6.07 Å². The predicted molar refractivity (Wildman–Crippen MR) is 85.9 cm³/mol. The lowest BCUT2D eigenvalue weighted by Crippen LogP contribution is -2.40. The van der Waals surface area contributed by atoms with Gasteiger partial charge in [-0.15, -0.1) is 0 Å². The zero-order valence-corrected chi connectivity index (χ0v) is 13.9. The van der Waals surface area contributed by atoms with Crippen molar-refractivity contribution in [2.24, 2.45) is 5.41 Å². The molecule has 0 spiro atoms. The summed E-state index contributed by atoms with van der Waals surface area (Å²) in [6, 6.07) is 5.53. The summed E-state index contributed by atoms with van der Waals surface area (Å²) in [5.74, 6) is -0.319. The molecular weight excluding hydrogens is 273 g/mol. The van der Waals surface area contributed by atoms with Gasteiger partial charge in [0.15, 0.2) is 0 Å². The summed E-state index contributed by atoms with van der Waals surface area (Å²) in [6.07, 6.45) is 4.07. The fraction of sp³-hybridized carbons (Fsp3) is 0.647. The number of aryl methyl sites for hydroxylation is 1. The van der Waals surface area contributed by atoms with E-state index in [2.05, 4.69) is 33.0 Å². The average molecular weight is 300 g/mol. The number of halogens is 2. The Morgan fingerprint density at radius 1 is 1.30 bits per heavy atom. The Labute approximate surface area is 127 Å². The predicted octanol–water partition coefficient (Wildman–Crippen LogP) is 5.22. The SMILES string of the molecule is CCCNC(CCCc1cccc(F)c1Cl)C(C)(C)C. The van der Waals surface area contributed by atoms with E-state index in [1.54, 1.807) is 6.07 Å². The molecule has 1 rings (SSSR count). The largest absolute Gasteiger partial charge is 0.313 e. The van der Waals surface area contributed by atoms with Gasteiger partial charge < -0.3 is 5.32 Å². The molecule has 1 nitrogen and oxygen atoms in total. The highest BCUT2D eigenvalue weighted by molar-refractivity contribution is 6.31. The number of benzene rings is 1. The van der Waals surface area contributed by atoms with E-state index in [0.717, 1.165) is 37.8 Å². The van der Waals surface area contributed by atoms with Crippen LogP contribution < -0.4 is 5.32 Å². The van der Waals surface area contributed by atoms with Gasteiger partial charge in [0.25, 0.3) is 0 Å². The van der Waals surface area contributed by atoms with Gasteiger partial charge >= 0.3 is 0 Å². The fourth-order valence-electron chi connectivity index (χ4n) is 2.40. The van der Waals surface area contributed by atoms with Gasteiger partial charge in [-0.2, -0.15) is 0 Å². The smallest absolute Gasteiger partial charge is 0.142 e. The molecule has 20 heavy (non-hydrogen) atoms. The van der Waals surface area contributed by atoms with Gasteiger partial charge in [0.1, 0.15) is 5.82 Å². The first-order valence-electron chi connectivity index (χ1n) is 7.52. The molecule has 0 aliphatic heterocycles. The number of rotatable bonds is 7. The van der Waals surface area contributed by atoms with Crippen molar-refractivity contribution >= 4 is 11.6 Å². The molecule has 0 aliphatic rings. The average Bonchev–Trinajstić information content (AvgIpc) is 2.37. The summed E-state index contributed by atoms with van der Waals surface area (Å²) in [5.41, 5.74) is 1.15. The summed E-state index contributed by atoms with van der Waals surface area (Å²) in [7, 11) is 0. The molecule has 0 heterocycles. The maximum absolute atomic E-state index is 13.4. The topological polar surface area (TPSA) is 12.0 Å². The minimum Gasteiger partial charge on any atom is -0.313 e. The lowest BCUT2D eigenvalue weighted by molar-refractivity contribution is 0.251. The maximum atomic E-state index is 13.4. The first-order chi connectivity index (χ1) is 9.36. The molecule has 1 aromatic rings. The molecule has 0 aromatic heterocycles. The minimum atomic E-state index is -0.319. The van der Waals surface area contributed by atoms with Crippen molar-refractivity contribution in [3.63, 3.8) is 0 Å². The van der Waals surface area contributed by atoms with Crippen LogP contribution in [0.1, 0.15) is 52.5 Å². The molecule has 0 bridgehead atoms. The normalized spacial score (nSPS) is 13.5. The molecule has 1 unspecified atom stereocenters. The second kappa shape index (κ2) is 7.99. The standard InChI is InChI=1S/C17H27ClFN/c1-5-12-20-15(17(2,3)4)11-7-9-13-8-6-10-14(19)16(13)18/h6,8,10,15,20H,5,7,9,11-12H2,1-4H3. The van der Waals surface area contributed by atoms with E-state index < -0.39 is 0 Å². The first-order valence-corrected chi connectivity index (χ1v) is 7.90. The van der Waals surface area contributed by atoms with Crippen LogP contribution in [-0.4, -0.2) is 12.6 Å². The Kier molecular flexibility index (Phi) is 6.97. The van der Waals surface area contributed by atoms with E-state index in [-0.39, 0.29) is 16.3 Å². The molecule has 0 saturated carbocycles. The number of hydrogen-bond donors (Lipinski definition) is 1. The molecule has 0 amide bonds. The second-order valence-electron chi connectivity index (χ2n) is 6.48. The monoisotopic (exact) mass is 299 g/mol. The first kappa shape index (κ1) is 17.5. The highest BCUT2D eigenvalue weighted by Gasteiger charge is 2.23. The summed E-state index contributed by atoms with van der Waals surface area (Å²) in [4.78, 5) is 0. The second-order valence-corrected chi connectivity index (χ2v) is 6.86. The van der Waals surface area contributed by atoms with E-state index in [1.165, 1.54) is 6.07 Å². The zero-order chi connectivity index (χ0) is 15.2. The van der Waals surface area contributed by atoms with Crippen LogP contribution in [0.3, 0.4) is 0 Å². The highest BCUT2D eigenvalue weighted by Crippen LogP contribution is 2.25. The molecule has 0 radical (unpaired) electrons. The van der Waals surface area contributed by atoms with Crippen molar-refractivity contribution in [1.82, 2.24) is 5.32 Å². The Morgan fingerprint density at radius 2 is 2.00 bits per heavy atom. The Morgan fingerprint density at radius 3 is 2.60 bits per heavy atom. The van der Waals surface area contributed by atoms with Crippen molar-refractivity contribution < 1.29 is 4.39 Å². The van der Waals surface area contributed by atoms with Crippen LogP contribution in [-0.2, 0) is 6.42 Å². The van der Waals surface area contributed by atoms with Gasteiger partial charge in [0.2, 0.25) is 0 Å². The highest BCUT2D eigenvalue weighted by atomic mass is 35.5. The Balaban J connectivity index is 2.54. The molecular formula is C17H27ClFN. The molecule has 0 fully saturated rings. The lowest BCUT2D eigenvalue weighted by atomic mass is 9.83. The molecule has 1 aromatic carbocycles. The van der Waals surface area contributed by atoms with Gasteiger partial charge in [-0.3, -0.25) is 0 Å². The van der Waals surface area contributed by atoms with Crippen molar-refractivity contribution in [2.45, 2.75) is 59.4 Å². The van der Waals surface area contributed by atoms with Crippen LogP contribution in [0.4, 0.5) is 4.39 Å². The third-order valence-electron chi connectivity index (χ3n) is 3.66. The van der Waals surface area contributed by atoms with Gasteiger partial charge in [-0.05, 0) is 49.3 Å². The van der Waals surface area contributed by atoms with E-state index in [4.69, 9.17) is 11.6 Å². The van der Waals surface area contributed by atoms with Crippen molar-refractivity contribution in [3.05, 3.63) is 34.6 Å². The van der Waals surface area contributed by atoms with E-state index >= 15 is 0 Å². The van der Waals surface area contributed by atoms with Crippen molar-refractivity contribution in [3.8, 4) is 0 Å². The maximum Gasteiger partial charge on any atom is 0.142 e. The van der Waals surface area contributed by atoms with Crippen LogP contribution in [0.25, 0.3) is 0 Å². The van der Waals surface area contributed by atoms with Gasteiger partial charge in [-0.25, -0.2) is 4.39 Å². The van der Waals surface area contributed by atoms with Crippen LogP contribution in [0.5, 0.6) is 0 Å². The molecule has 0 saturated heterocycles. The van der Waals surface area contributed by atoms with E-state index in [9.17, 15) is 4.39 Å². The lowest BCUT2D eigenvalue weighted by Gasteiger charge is -2.32. The number of hydrogen-bond acceptors (Lipinski definition) is 1. The molecule has 1 N–H and O–H groups in total. The quantitative estimate of drug-likeness (QED) is 0.728. The van der Waals surface area contributed by atoms with Crippen molar-refractivity contribution in [2.75, 3.05) is 6.54 Å². The Hall–Kier alpha value is -0.600. The Bertz CT molecular complexity index is 412. The van der Waals surface area contributed by atoms with Crippen LogP contribution >= 0.6 is 11.6 Å².